The van der Waals surface area contributed by atoms with Gasteiger partial charge in [0.05, 0.1) is 4.90 Å². The number of aliphatic carboxylic acids is 1. The van der Waals surface area contributed by atoms with Crippen LogP contribution in [0.2, 0.25) is 10.0 Å². The number of rotatable bonds is 12. The summed E-state index contributed by atoms with van der Waals surface area (Å²) in [7, 11) is -3.73. The maximum absolute atomic E-state index is 13.4. The topological polar surface area (TPSA) is 74.7 Å². The normalized spacial score (nSPS) is 11.9. The van der Waals surface area contributed by atoms with Crippen LogP contribution >= 0.6 is 23.2 Å². The number of carboxylic acid groups (broad SMARTS) is 1. The summed E-state index contributed by atoms with van der Waals surface area (Å²) in [4.78, 5) is 10.9. The Morgan fingerprint density at radius 2 is 1.37 bits per heavy atom. The van der Waals surface area contributed by atoms with Gasteiger partial charge in [-0.15, -0.1) is 0 Å². The number of hydrogen-bond donors (Lipinski definition) is 1. The number of nitrogens with zero attached hydrogens (tertiary/aromatic N) is 1. The molecule has 5 nitrogen and oxygen atoms in total. The highest BCUT2D eigenvalue weighted by Crippen LogP contribution is 2.20. The number of halogens is 2. The molecule has 0 saturated heterocycles. The van der Waals surface area contributed by atoms with Crippen molar-refractivity contribution in [3.05, 3.63) is 106 Å². The number of sulfonamides is 1. The number of carboxylic acids is 1. The van der Waals surface area contributed by atoms with E-state index in [2.05, 4.69) is 0 Å². The van der Waals surface area contributed by atoms with Crippen LogP contribution in [-0.2, 0) is 27.7 Å². The SMILES string of the molecule is O=C(O)CCCc1ccc(CCN(CC=Cc2ccc(Cl)cc2)S(=O)(=O)c2ccc(Cl)cc2)cc1. The Balaban J connectivity index is 1.71. The van der Waals surface area contributed by atoms with E-state index in [-0.39, 0.29) is 17.9 Å². The summed E-state index contributed by atoms with van der Waals surface area (Å²) in [5.41, 5.74) is 2.99. The first-order chi connectivity index (χ1) is 16.7. The van der Waals surface area contributed by atoms with Crippen molar-refractivity contribution in [2.75, 3.05) is 13.1 Å². The molecule has 0 radical (unpaired) electrons. The lowest BCUT2D eigenvalue weighted by molar-refractivity contribution is -0.137. The van der Waals surface area contributed by atoms with Gasteiger partial charge in [-0.05, 0) is 72.4 Å². The average molecular weight is 532 g/mol. The summed E-state index contributed by atoms with van der Waals surface area (Å²) in [5.74, 6) is -0.797. The van der Waals surface area contributed by atoms with E-state index in [0.29, 0.717) is 35.9 Å². The van der Waals surface area contributed by atoms with Crippen molar-refractivity contribution in [1.82, 2.24) is 4.31 Å². The molecular weight excluding hydrogens is 505 g/mol. The molecule has 0 saturated carbocycles. The Labute approximate surface area is 216 Å². The molecule has 0 aliphatic heterocycles. The standard InChI is InChI=1S/C27H27Cl2NO4S/c28-24-12-10-22(11-13-24)4-2-19-30(35(33,34)26-16-14-25(29)15-17-26)20-18-23-8-6-21(7-9-23)3-1-5-27(31)32/h2,4,6-17H,1,3,5,18-20H2,(H,31,32). The van der Waals surface area contributed by atoms with Crippen LogP contribution in [-0.4, -0.2) is 36.9 Å². The van der Waals surface area contributed by atoms with Gasteiger partial charge in [-0.1, -0.05) is 71.8 Å². The Bertz CT molecular complexity index is 1240. The molecule has 0 aromatic heterocycles. The lowest BCUT2D eigenvalue weighted by Crippen LogP contribution is -2.33. The van der Waals surface area contributed by atoms with Crippen molar-refractivity contribution in [2.24, 2.45) is 0 Å². The zero-order valence-corrected chi connectivity index (χ0v) is 21.4. The quantitative estimate of drug-likeness (QED) is 0.295. The van der Waals surface area contributed by atoms with Gasteiger partial charge in [-0.25, -0.2) is 8.42 Å². The van der Waals surface area contributed by atoms with Gasteiger partial charge in [0, 0.05) is 29.6 Å². The predicted molar refractivity (Wildman–Crippen MR) is 141 cm³/mol. The maximum atomic E-state index is 13.4. The molecule has 0 heterocycles. The molecule has 0 fully saturated rings. The molecule has 0 aliphatic rings. The monoisotopic (exact) mass is 531 g/mol. The zero-order chi connectivity index (χ0) is 25.3. The largest absolute Gasteiger partial charge is 0.481 e. The van der Waals surface area contributed by atoms with E-state index in [9.17, 15) is 13.2 Å². The molecule has 0 unspecified atom stereocenters. The third-order valence-corrected chi connectivity index (χ3v) is 7.85. The van der Waals surface area contributed by atoms with Crippen LogP contribution < -0.4 is 0 Å². The maximum Gasteiger partial charge on any atom is 0.303 e. The fourth-order valence-corrected chi connectivity index (χ4v) is 5.16. The van der Waals surface area contributed by atoms with Crippen LogP contribution in [0.1, 0.15) is 29.5 Å². The molecule has 1 N–H and O–H groups in total. The highest BCUT2D eigenvalue weighted by Gasteiger charge is 2.23. The van der Waals surface area contributed by atoms with Gasteiger partial charge in [0.2, 0.25) is 10.0 Å². The van der Waals surface area contributed by atoms with Crippen LogP contribution in [0.15, 0.2) is 83.8 Å². The smallest absolute Gasteiger partial charge is 0.303 e. The molecule has 0 amide bonds. The number of hydrogen-bond acceptors (Lipinski definition) is 3. The zero-order valence-electron chi connectivity index (χ0n) is 19.1. The molecule has 8 heteroatoms. The average Bonchev–Trinajstić information content (AvgIpc) is 2.83. The summed E-state index contributed by atoms with van der Waals surface area (Å²) in [5, 5.41) is 9.90. The van der Waals surface area contributed by atoms with Gasteiger partial charge < -0.3 is 5.11 Å². The first-order valence-corrected chi connectivity index (χ1v) is 13.4. The Kier molecular flexibility index (Phi) is 9.93. The van der Waals surface area contributed by atoms with Crippen LogP contribution in [0.5, 0.6) is 0 Å². The van der Waals surface area contributed by atoms with Gasteiger partial charge in [0.1, 0.15) is 0 Å². The summed E-state index contributed by atoms with van der Waals surface area (Å²) < 4.78 is 28.2. The van der Waals surface area contributed by atoms with Crippen LogP contribution in [0.25, 0.3) is 6.08 Å². The van der Waals surface area contributed by atoms with Gasteiger partial charge >= 0.3 is 5.97 Å². The van der Waals surface area contributed by atoms with Crippen molar-refractivity contribution in [3.63, 3.8) is 0 Å². The lowest BCUT2D eigenvalue weighted by atomic mass is 10.0. The van der Waals surface area contributed by atoms with Gasteiger partial charge in [0.15, 0.2) is 0 Å². The summed E-state index contributed by atoms with van der Waals surface area (Å²) >= 11 is 11.9. The van der Waals surface area contributed by atoms with Crippen molar-refractivity contribution in [1.29, 1.82) is 0 Å². The second-order valence-electron chi connectivity index (χ2n) is 8.08. The van der Waals surface area contributed by atoms with Crippen molar-refractivity contribution in [2.45, 2.75) is 30.6 Å². The lowest BCUT2D eigenvalue weighted by Gasteiger charge is -2.21. The molecule has 3 aromatic rings. The number of carbonyl (C=O) groups is 1. The summed E-state index contributed by atoms with van der Waals surface area (Å²) in [6, 6.07) is 21.3. The first kappa shape index (κ1) is 27.0. The molecule has 0 spiro atoms. The number of benzene rings is 3. The van der Waals surface area contributed by atoms with Crippen LogP contribution in [0.3, 0.4) is 0 Å². The van der Waals surface area contributed by atoms with E-state index in [1.807, 2.05) is 48.6 Å². The van der Waals surface area contributed by atoms with Crippen LogP contribution in [0, 0.1) is 0 Å². The third-order valence-electron chi connectivity index (χ3n) is 5.47. The van der Waals surface area contributed by atoms with Crippen molar-refractivity contribution in [3.8, 4) is 0 Å². The first-order valence-electron chi connectivity index (χ1n) is 11.2. The highest BCUT2D eigenvalue weighted by atomic mass is 35.5. The molecular formula is C27H27Cl2NO4S. The molecule has 35 heavy (non-hydrogen) atoms. The van der Waals surface area contributed by atoms with Crippen molar-refractivity contribution < 1.29 is 18.3 Å². The van der Waals surface area contributed by atoms with E-state index in [1.165, 1.54) is 16.4 Å². The summed E-state index contributed by atoms with van der Waals surface area (Å²) in [6.07, 6.45) is 5.65. The molecule has 3 rings (SSSR count). The fourth-order valence-electron chi connectivity index (χ4n) is 3.52. The minimum Gasteiger partial charge on any atom is -0.481 e. The predicted octanol–water partition coefficient (Wildman–Crippen LogP) is 6.35. The Morgan fingerprint density at radius 3 is 1.94 bits per heavy atom. The highest BCUT2D eigenvalue weighted by molar-refractivity contribution is 7.89. The van der Waals surface area contributed by atoms with E-state index in [4.69, 9.17) is 28.3 Å². The third kappa shape index (κ3) is 8.51. The van der Waals surface area contributed by atoms with Gasteiger partial charge in [-0.3, -0.25) is 4.79 Å². The molecule has 3 aromatic carbocycles. The van der Waals surface area contributed by atoms with Gasteiger partial charge in [-0.2, -0.15) is 4.31 Å². The second-order valence-corrected chi connectivity index (χ2v) is 10.9. The minimum absolute atomic E-state index is 0.142. The molecule has 0 aliphatic carbocycles. The van der Waals surface area contributed by atoms with Gasteiger partial charge in [0.25, 0.3) is 0 Å². The minimum atomic E-state index is -3.73. The molecule has 184 valence electrons. The Hall–Kier alpha value is -2.64. The molecule has 0 bridgehead atoms. The van der Waals surface area contributed by atoms with E-state index in [0.717, 1.165) is 16.7 Å². The summed E-state index contributed by atoms with van der Waals surface area (Å²) in [6.45, 7) is 0.509. The van der Waals surface area contributed by atoms with Crippen LogP contribution in [0.4, 0.5) is 0 Å². The van der Waals surface area contributed by atoms with E-state index < -0.39 is 16.0 Å². The van der Waals surface area contributed by atoms with E-state index in [1.54, 1.807) is 24.3 Å². The Morgan fingerprint density at radius 1 is 0.829 bits per heavy atom. The van der Waals surface area contributed by atoms with E-state index >= 15 is 0 Å². The second kappa shape index (κ2) is 12.9. The number of aryl methyl sites for hydroxylation is 1. The molecule has 0 atom stereocenters. The fraction of sp³-hybridized carbons (Fsp3) is 0.222. The van der Waals surface area contributed by atoms with Crippen molar-refractivity contribution >= 4 is 45.3 Å².